The van der Waals surface area contributed by atoms with Gasteiger partial charge in [0.05, 0.1) is 18.2 Å². The minimum absolute atomic E-state index is 0.0934. The van der Waals surface area contributed by atoms with Gasteiger partial charge in [0.15, 0.2) is 0 Å². The largest absolute Gasteiger partial charge is 0.465 e. The molecule has 0 spiro atoms. The summed E-state index contributed by atoms with van der Waals surface area (Å²) in [6.07, 6.45) is 0. The summed E-state index contributed by atoms with van der Waals surface area (Å²) in [6.45, 7) is 3.63. The van der Waals surface area contributed by atoms with E-state index in [1.807, 2.05) is 0 Å². The highest BCUT2D eigenvalue weighted by atomic mass is 35.5. The molecule has 0 radical (unpaired) electrons. The summed E-state index contributed by atoms with van der Waals surface area (Å²) in [6, 6.07) is 13.7. The number of anilines is 1. The Kier molecular flexibility index (Phi) is 6.67. The van der Waals surface area contributed by atoms with Crippen LogP contribution >= 0.6 is 23.2 Å². The molecule has 0 saturated carbocycles. The summed E-state index contributed by atoms with van der Waals surface area (Å²) < 4.78 is 5.24. The van der Waals surface area contributed by atoms with Gasteiger partial charge >= 0.3 is 5.97 Å². The Morgan fingerprint density at radius 1 is 1.07 bits per heavy atom. The number of carbonyl (C=O) groups excluding carboxylic acids is 2. The van der Waals surface area contributed by atoms with E-state index in [0.717, 1.165) is 0 Å². The van der Waals surface area contributed by atoms with Crippen LogP contribution in [0.3, 0.4) is 0 Å². The predicted octanol–water partition coefficient (Wildman–Crippen LogP) is 4.73. The number of nitrogens with zero attached hydrogens (tertiary/aromatic N) is 2. The Balaban J connectivity index is 2.02. The summed E-state index contributed by atoms with van der Waals surface area (Å²) in [5.41, 5.74) is 1.74. The van der Waals surface area contributed by atoms with Crippen LogP contribution in [0.5, 0.6) is 0 Å². The van der Waals surface area contributed by atoms with E-state index in [0.29, 0.717) is 27.0 Å². The molecule has 8 heteroatoms. The van der Waals surface area contributed by atoms with Gasteiger partial charge in [-0.2, -0.15) is 5.10 Å². The van der Waals surface area contributed by atoms with Crippen molar-refractivity contribution in [3.8, 4) is 0 Å². The minimum Gasteiger partial charge on any atom is -0.465 e. The molecule has 1 heterocycles. The van der Waals surface area contributed by atoms with Crippen molar-refractivity contribution in [2.24, 2.45) is 16.1 Å². The predicted molar refractivity (Wildman–Crippen MR) is 115 cm³/mol. The van der Waals surface area contributed by atoms with E-state index in [-0.39, 0.29) is 12.3 Å². The third kappa shape index (κ3) is 4.83. The molecule has 150 valence electrons. The molecule has 1 aliphatic rings. The standard InChI is InChI=1S/C21H19Cl2N3O3/c1-3-29-21(28)17-12(2)25-26-19(18(17)13-6-4-7-14(22)10-13)20(27)24-16-9-5-8-15(23)11-16/h4-11,17-18H,3H2,1-2H3,(H,24,27). The van der Waals surface area contributed by atoms with Gasteiger partial charge in [0.1, 0.15) is 11.6 Å². The SMILES string of the molecule is CCOC(=O)C1C(C)=NN=C(C(=O)Nc2cccc(Cl)c2)C1c1cccc(Cl)c1. The molecular formula is C21H19Cl2N3O3. The van der Waals surface area contributed by atoms with Crippen LogP contribution in [0.25, 0.3) is 0 Å². The maximum atomic E-state index is 13.0. The average molecular weight is 432 g/mol. The van der Waals surface area contributed by atoms with E-state index in [4.69, 9.17) is 27.9 Å². The Morgan fingerprint density at radius 2 is 1.76 bits per heavy atom. The molecule has 1 N–H and O–H groups in total. The molecule has 2 unspecified atom stereocenters. The highest BCUT2D eigenvalue weighted by Crippen LogP contribution is 2.33. The topological polar surface area (TPSA) is 80.1 Å². The molecular weight excluding hydrogens is 413 g/mol. The summed E-state index contributed by atoms with van der Waals surface area (Å²) in [5.74, 6) is -2.43. The first-order valence-corrected chi connectivity index (χ1v) is 9.77. The van der Waals surface area contributed by atoms with E-state index in [1.165, 1.54) is 0 Å². The van der Waals surface area contributed by atoms with Gasteiger partial charge in [-0.3, -0.25) is 9.59 Å². The second-order valence-corrected chi connectivity index (χ2v) is 7.33. The number of nitrogens with one attached hydrogen (secondary N) is 1. The summed E-state index contributed by atoms with van der Waals surface area (Å²) in [5, 5.41) is 11.9. The molecule has 0 saturated heterocycles. The number of rotatable bonds is 5. The normalized spacial score (nSPS) is 18.5. The van der Waals surface area contributed by atoms with Gasteiger partial charge in [0.2, 0.25) is 0 Å². The van der Waals surface area contributed by atoms with Crippen LogP contribution < -0.4 is 5.32 Å². The lowest BCUT2D eigenvalue weighted by molar-refractivity contribution is -0.145. The van der Waals surface area contributed by atoms with Crippen molar-refractivity contribution in [1.82, 2.24) is 0 Å². The van der Waals surface area contributed by atoms with E-state index < -0.39 is 23.7 Å². The van der Waals surface area contributed by atoms with E-state index in [2.05, 4.69) is 15.5 Å². The summed E-state index contributed by atoms with van der Waals surface area (Å²) in [4.78, 5) is 25.7. The highest BCUT2D eigenvalue weighted by Gasteiger charge is 2.41. The third-order valence-electron chi connectivity index (χ3n) is 4.46. The lowest BCUT2D eigenvalue weighted by atomic mass is 9.79. The minimum atomic E-state index is -0.786. The van der Waals surface area contributed by atoms with Gasteiger partial charge in [0.25, 0.3) is 5.91 Å². The van der Waals surface area contributed by atoms with Crippen LogP contribution in [0, 0.1) is 5.92 Å². The van der Waals surface area contributed by atoms with Crippen molar-refractivity contribution >= 4 is 52.2 Å². The number of hydrogen-bond acceptors (Lipinski definition) is 5. The molecule has 0 aromatic heterocycles. The van der Waals surface area contributed by atoms with Crippen molar-refractivity contribution in [3.05, 3.63) is 64.1 Å². The van der Waals surface area contributed by atoms with Crippen molar-refractivity contribution < 1.29 is 14.3 Å². The number of amides is 1. The zero-order chi connectivity index (χ0) is 21.0. The fourth-order valence-electron chi connectivity index (χ4n) is 3.19. The third-order valence-corrected chi connectivity index (χ3v) is 4.93. The zero-order valence-corrected chi connectivity index (χ0v) is 17.4. The summed E-state index contributed by atoms with van der Waals surface area (Å²) >= 11 is 12.2. The van der Waals surface area contributed by atoms with Crippen molar-refractivity contribution in [1.29, 1.82) is 0 Å². The molecule has 6 nitrogen and oxygen atoms in total. The number of halogens is 2. The lowest BCUT2D eigenvalue weighted by Gasteiger charge is -2.28. The first-order valence-electron chi connectivity index (χ1n) is 9.01. The number of ether oxygens (including phenoxy) is 1. The first-order chi connectivity index (χ1) is 13.9. The van der Waals surface area contributed by atoms with Crippen molar-refractivity contribution in [3.63, 3.8) is 0 Å². The molecule has 0 bridgehead atoms. The second kappa shape index (κ2) is 9.20. The highest BCUT2D eigenvalue weighted by molar-refractivity contribution is 6.46. The van der Waals surface area contributed by atoms with Gasteiger partial charge < -0.3 is 10.1 Å². The second-order valence-electron chi connectivity index (χ2n) is 6.45. The molecule has 2 aromatic carbocycles. The molecule has 0 aliphatic carbocycles. The first kappa shape index (κ1) is 21.0. The summed E-state index contributed by atoms with van der Waals surface area (Å²) in [7, 11) is 0. The fourth-order valence-corrected chi connectivity index (χ4v) is 3.58. The number of hydrogen-bond donors (Lipinski definition) is 1. The van der Waals surface area contributed by atoms with Crippen LogP contribution in [0.2, 0.25) is 10.0 Å². The fraction of sp³-hybridized carbons (Fsp3) is 0.238. The Labute approximate surface area is 178 Å². The molecule has 29 heavy (non-hydrogen) atoms. The molecule has 0 fully saturated rings. The van der Waals surface area contributed by atoms with Crippen LogP contribution in [-0.2, 0) is 14.3 Å². The molecule has 1 aliphatic heterocycles. The van der Waals surface area contributed by atoms with Crippen LogP contribution in [0.15, 0.2) is 58.7 Å². The van der Waals surface area contributed by atoms with Gasteiger partial charge in [-0.15, -0.1) is 5.10 Å². The quantitative estimate of drug-likeness (QED) is 0.694. The maximum absolute atomic E-state index is 13.0. The maximum Gasteiger partial charge on any atom is 0.315 e. The van der Waals surface area contributed by atoms with Crippen LogP contribution in [-0.4, -0.2) is 29.9 Å². The molecule has 2 atom stereocenters. The Hall–Kier alpha value is -2.70. The van der Waals surface area contributed by atoms with Crippen molar-refractivity contribution in [2.45, 2.75) is 19.8 Å². The van der Waals surface area contributed by atoms with E-state index >= 15 is 0 Å². The van der Waals surface area contributed by atoms with Crippen molar-refractivity contribution in [2.75, 3.05) is 11.9 Å². The van der Waals surface area contributed by atoms with Gasteiger partial charge in [-0.1, -0.05) is 41.4 Å². The zero-order valence-electron chi connectivity index (χ0n) is 15.9. The van der Waals surface area contributed by atoms with Gasteiger partial charge in [0, 0.05) is 15.7 Å². The van der Waals surface area contributed by atoms with Crippen LogP contribution in [0.4, 0.5) is 5.69 Å². The molecule has 1 amide bonds. The van der Waals surface area contributed by atoms with Gasteiger partial charge in [-0.05, 0) is 49.7 Å². The Morgan fingerprint density at radius 3 is 2.41 bits per heavy atom. The lowest BCUT2D eigenvalue weighted by Crippen LogP contribution is -2.41. The number of benzene rings is 2. The Bertz CT molecular complexity index is 1000. The van der Waals surface area contributed by atoms with Gasteiger partial charge in [-0.25, -0.2) is 0 Å². The number of carbonyl (C=O) groups is 2. The monoisotopic (exact) mass is 431 g/mol. The van der Waals surface area contributed by atoms with Crippen LogP contribution in [0.1, 0.15) is 25.3 Å². The van der Waals surface area contributed by atoms with E-state index in [9.17, 15) is 9.59 Å². The number of esters is 1. The molecule has 3 rings (SSSR count). The average Bonchev–Trinajstić information content (AvgIpc) is 2.67. The smallest absolute Gasteiger partial charge is 0.315 e. The van der Waals surface area contributed by atoms with E-state index in [1.54, 1.807) is 62.4 Å². The molecule has 2 aromatic rings.